The Bertz CT molecular complexity index is 1020. The zero-order valence-electron chi connectivity index (χ0n) is 15.1. The predicted octanol–water partition coefficient (Wildman–Crippen LogP) is 2.16. The molecule has 0 atom stereocenters. The number of nitrogens with one attached hydrogen (secondary N) is 2. The first-order chi connectivity index (χ1) is 12.2. The lowest BCUT2D eigenvalue weighted by atomic mass is 9.92. The van der Waals surface area contributed by atoms with Gasteiger partial charge in [0, 0.05) is 47.5 Å². The first-order valence-electron chi connectivity index (χ1n) is 8.37. The maximum absolute atomic E-state index is 12.1. The van der Waals surface area contributed by atoms with Gasteiger partial charge in [-0.25, -0.2) is 18.1 Å². The normalized spacial score (nSPS) is 12.6. The average molecular weight is 373 g/mol. The standard InChI is InChI=1S/C18H23N5O2S/c1-18(2,3)16-10-14-13(6-8-20-17(14)23-16)15-5-4-12(11-21-15)26(24,25)22-9-7-19/h4-6,8,10-11,22H,7,9,19H2,1-3H3,(H,20,23). The van der Waals surface area contributed by atoms with Crippen molar-refractivity contribution in [1.29, 1.82) is 0 Å². The quantitative estimate of drug-likeness (QED) is 0.634. The van der Waals surface area contributed by atoms with Crippen LogP contribution in [0.15, 0.2) is 41.6 Å². The van der Waals surface area contributed by atoms with Gasteiger partial charge >= 0.3 is 0 Å². The minimum atomic E-state index is -3.59. The molecule has 26 heavy (non-hydrogen) atoms. The van der Waals surface area contributed by atoms with Crippen LogP contribution in [-0.4, -0.2) is 36.5 Å². The summed E-state index contributed by atoms with van der Waals surface area (Å²) in [6.07, 6.45) is 3.08. The summed E-state index contributed by atoms with van der Waals surface area (Å²) in [5.74, 6) is 0. The second kappa shape index (κ2) is 6.79. The molecule has 3 heterocycles. The summed E-state index contributed by atoms with van der Waals surface area (Å²) in [5.41, 5.74) is 8.78. The summed E-state index contributed by atoms with van der Waals surface area (Å²) < 4.78 is 26.7. The molecule has 0 aliphatic heterocycles. The number of pyridine rings is 2. The van der Waals surface area contributed by atoms with Gasteiger partial charge in [-0.3, -0.25) is 4.98 Å². The van der Waals surface area contributed by atoms with Crippen molar-refractivity contribution in [3.63, 3.8) is 0 Å². The monoisotopic (exact) mass is 373 g/mol. The van der Waals surface area contributed by atoms with Crippen molar-refractivity contribution in [1.82, 2.24) is 19.7 Å². The Morgan fingerprint density at radius 1 is 1.19 bits per heavy atom. The fourth-order valence-electron chi connectivity index (χ4n) is 2.63. The van der Waals surface area contributed by atoms with E-state index in [0.717, 1.165) is 22.3 Å². The number of nitrogens with two attached hydrogens (primary N) is 1. The molecule has 3 rings (SSSR count). The molecule has 0 saturated heterocycles. The molecule has 0 radical (unpaired) electrons. The number of sulfonamides is 1. The number of nitrogens with zero attached hydrogens (tertiary/aromatic N) is 2. The predicted molar refractivity (Wildman–Crippen MR) is 102 cm³/mol. The molecule has 7 nitrogen and oxygen atoms in total. The third kappa shape index (κ3) is 3.62. The van der Waals surface area contributed by atoms with Crippen molar-refractivity contribution >= 4 is 21.1 Å². The lowest BCUT2D eigenvalue weighted by molar-refractivity contribution is 0.574. The number of hydrogen-bond acceptors (Lipinski definition) is 5. The topological polar surface area (TPSA) is 114 Å². The number of rotatable bonds is 5. The largest absolute Gasteiger partial charge is 0.343 e. The zero-order valence-corrected chi connectivity index (χ0v) is 15.9. The van der Waals surface area contributed by atoms with Gasteiger partial charge in [0.2, 0.25) is 10.0 Å². The van der Waals surface area contributed by atoms with Crippen LogP contribution in [0.2, 0.25) is 0 Å². The number of hydrogen-bond donors (Lipinski definition) is 3. The van der Waals surface area contributed by atoms with Gasteiger partial charge in [-0.1, -0.05) is 20.8 Å². The van der Waals surface area contributed by atoms with E-state index in [1.54, 1.807) is 18.3 Å². The van der Waals surface area contributed by atoms with E-state index in [4.69, 9.17) is 5.73 Å². The van der Waals surface area contributed by atoms with Gasteiger partial charge in [0.1, 0.15) is 10.5 Å². The Morgan fingerprint density at radius 2 is 1.96 bits per heavy atom. The summed E-state index contributed by atoms with van der Waals surface area (Å²) in [4.78, 5) is 12.2. The van der Waals surface area contributed by atoms with Crippen molar-refractivity contribution < 1.29 is 8.42 Å². The van der Waals surface area contributed by atoms with Gasteiger partial charge in [-0.2, -0.15) is 0 Å². The van der Waals surface area contributed by atoms with Crippen LogP contribution in [0.3, 0.4) is 0 Å². The Hall–Kier alpha value is -2.29. The molecule has 138 valence electrons. The Kier molecular flexibility index (Phi) is 4.83. The SMILES string of the molecule is CC(C)(C)c1cc2c(-c3ccc(S(=O)(=O)NCCN)cn3)ccnc2[nH]1. The molecule has 0 aliphatic rings. The fourth-order valence-corrected chi connectivity index (χ4v) is 3.62. The molecule has 0 aromatic carbocycles. The lowest BCUT2D eigenvalue weighted by Crippen LogP contribution is -2.29. The fraction of sp³-hybridized carbons (Fsp3) is 0.333. The third-order valence-corrected chi connectivity index (χ3v) is 5.55. The number of aromatic nitrogens is 3. The van der Waals surface area contributed by atoms with Crippen LogP contribution in [-0.2, 0) is 15.4 Å². The highest BCUT2D eigenvalue weighted by atomic mass is 32.2. The van der Waals surface area contributed by atoms with Crippen LogP contribution < -0.4 is 10.5 Å². The molecule has 0 aliphatic carbocycles. The van der Waals surface area contributed by atoms with Crippen molar-refractivity contribution in [3.8, 4) is 11.3 Å². The van der Waals surface area contributed by atoms with Crippen LogP contribution in [0, 0.1) is 0 Å². The number of fused-ring (bicyclic) bond motifs is 1. The lowest BCUT2D eigenvalue weighted by Gasteiger charge is -2.15. The Labute approximate surface area is 153 Å². The van der Waals surface area contributed by atoms with E-state index in [1.807, 2.05) is 6.07 Å². The second-order valence-electron chi connectivity index (χ2n) is 7.12. The van der Waals surface area contributed by atoms with Crippen molar-refractivity contribution in [3.05, 3.63) is 42.4 Å². The average Bonchev–Trinajstić information content (AvgIpc) is 3.05. The Balaban J connectivity index is 2.01. The molecule has 3 aromatic heterocycles. The van der Waals surface area contributed by atoms with Gasteiger partial charge in [-0.15, -0.1) is 0 Å². The summed E-state index contributed by atoms with van der Waals surface area (Å²) in [5, 5.41) is 0.960. The molecule has 8 heteroatoms. The van der Waals surface area contributed by atoms with Gasteiger partial charge in [0.25, 0.3) is 0 Å². The highest BCUT2D eigenvalue weighted by molar-refractivity contribution is 7.89. The van der Waals surface area contributed by atoms with Gasteiger partial charge in [0.15, 0.2) is 0 Å². The van der Waals surface area contributed by atoms with E-state index in [-0.39, 0.29) is 23.4 Å². The number of H-pyrrole nitrogens is 1. The van der Waals surface area contributed by atoms with Crippen LogP contribution in [0.25, 0.3) is 22.3 Å². The molecule has 0 fully saturated rings. The maximum Gasteiger partial charge on any atom is 0.242 e. The van der Waals surface area contributed by atoms with Crippen molar-refractivity contribution in [2.45, 2.75) is 31.1 Å². The first kappa shape index (κ1) is 18.5. The van der Waals surface area contributed by atoms with Gasteiger partial charge in [-0.05, 0) is 24.3 Å². The van der Waals surface area contributed by atoms with E-state index < -0.39 is 10.0 Å². The first-order valence-corrected chi connectivity index (χ1v) is 9.85. The number of aromatic amines is 1. The minimum absolute atomic E-state index is 0.0298. The third-order valence-electron chi connectivity index (χ3n) is 4.10. The highest BCUT2D eigenvalue weighted by Crippen LogP contribution is 2.31. The maximum atomic E-state index is 12.1. The highest BCUT2D eigenvalue weighted by Gasteiger charge is 2.19. The van der Waals surface area contributed by atoms with E-state index in [1.165, 1.54) is 6.20 Å². The van der Waals surface area contributed by atoms with Crippen LogP contribution in [0.4, 0.5) is 0 Å². The van der Waals surface area contributed by atoms with E-state index in [0.29, 0.717) is 5.69 Å². The summed E-state index contributed by atoms with van der Waals surface area (Å²) in [6.45, 7) is 6.81. The molecular weight excluding hydrogens is 350 g/mol. The summed E-state index contributed by atoms with van der Waals surface area (Å²) in [7, 11) is -3.59. The molecular formula is C18H23N5O2S. The zero-order chi connectivity index (χ0) is 18.9. The summed E-state index contributed by atoms with van der Waals surface area (Å²) >= 11 is 0. The van der Waals surface area contributed by atoms with Crippen LogP contribution >= 0.6 is 0 Å². The van der Waals surface area contributed by atoms with Gasteiger partial charge in [0.05, 0.1) is 5.69 Å². The molecule has 3 aromatic rings. The van der Waals surface area contributed by atoms with Crippen LogP contribution in [0.5, 0.6) is 0 Å². The van der Waals surface area contributed by atoms with Crippen LogP contribution in [0.1, 0.15) is 26.5 Å². The van der Waals surface area contributed by atoms with E-state index in [2.05, 4.69) is 46.5 Å². The molecule has 0 bridgehead atoms. The minimum Gasteiger partial charge on any atom is -0.343 e. The summed E-state index contributed by atoms with van der Waals surface area (Å²) in [6, 6.07) is 7.21. The molecule has 0 saturated carbocycles. The van der Waals surface area contributed by atoms with Crippen molar-refractivity contribution in [2.24, 2.45) is 5.73 Å². The Morgan fingerprint density at radius 3 is 2.58 bits per heavy atom. The molecule has 0 amide bonds. The molecule has 0 unspecified atom stereocenters. The molecule has 4 N–H and O–H groups in total. The van der Waals surface area contributed by atoms with E-state index >= 15 is 0 Å². The molecule has 0 spiro atoms. The second-order valence-corrected chi connectivity index (χ2v) is 8.89. The van der Waals surface area contributed by atoms with Crippen molar-refractivity contribution in [2.75, 3.05) is 13.1 Å². The van der Waals surface area contributed by atoms with Gasteiger partial charge < -0.3 is 10.7 Å². The smallest absolute Gasteiger partial charge is 0.242 e. The van der Waals surface area contributed by atoms with E-state index in [9.17, 15) is 8.42 Å².